The summed E-state index contributed by atoms with van der Waals surface area (Å²) in [5.41, 5.74) is -0.143. The van der Waals surface area contributed by atoms with Crippen molar-refractivity contribution in [2.24, 2.45) is 5.92 Å². The predicted octanol–water partition coefficient (Wildman–Crippen LogP) is 3.00. The van der Waals surface area contributed by atoms with Crippen molar-refractivity contribution < 1.29 is 4.74 Å². The van der Waals surface area contributed by atoms with E-state index in [1.54, 1.807) is 0 Å². The first-order valence-electron chi connectivity index (χ1n) is 8.53. The van der Waals surface area contributed by atoms with E-state index in [9.17, 15) is 0 Å². The zero-order chi connectivity index (χ0) is 15.7. The second kappa shape index (κ2) is 6.77. The highest BCUT2D eigenvalue weighted by molar-refractivity contribution is 7.99. The normalized spacial score (nSPS) is 36.0. The fraction of sp³-hybridized carbons (Fsp3) is 1.00. The molecule has 3 unspecified atom stereocenters. The van der Waals surface area contributed by atoms with Gasteiger partial charge in [-0.15, -0.1) is 0 Å². The Bertz CT molecular complexity index is 346. The summed E-state index contributed by atoms with van der Waals surface area (Å²) in [7, 11) is 0. The standard InChI is InChI=1S/C17H34N2OS/c1-7-8-18-15-14(16(3,4)20-17(15,5)6)11-19-9-10-21-12-13(19)2/h13-15,18H,7-12H2,1-6H3. The monoisotopic (exact) mass is 314 g/mol. The van der Waals surface area contributed by atoms with Gasteiger partial charge in [-0.2, -0.15) is 11.8 Å². The average molecular weight is 315 g/mol. The molecule has 21 heavy (non-hydrogen) atoms. The van der Waals surface area contributed by atoms with Crippen LogP contribution in [0.1, 0.15) is 48.0 Å². The number of nitrogens with one attached hydrogen (secondary N) is 1. The highest BCUT2D eigenvalue weighted by Gasteiger charge is 2.53. The van der Waals surface area contributed by atoms with Gasteiger partial charge in [0.2, 0.25) is 0 Å². The van der Waals surface area contributed by atoms with Gasteiger partial charge < -0.3 is 10.1 Å². The molecule has 2 saturated heterocycles. The zero-order valence-electron chi connectivity index (χ0n) is 14.7. The number of rotatable bonds is 5. The van der Waals surface area contributed by atoms with Gasteiger partial charge in [-0.25, -0.2) is 0 Å². The predicted molar refractivity (Wildman–Crippen MR) is 93.2 cm³/mol. The van der Waals surface area contributed by atoms with Crippen molar-refractivity contribution in [3.63, 3.8) is 0 Å². The van der Waals surface area contributed by atoms with Gasteiger partial charge >= 0.3 is 0 Å². The fourth-order valence-electron chi connectivity index (χ4n) is 4.00. The lowest BCUT2D eigenvalue weighted by molar-refractivity contribution is -0.0800. The third kappa shape index (κ3) is 3.95. The maximum atomic E-state index is 6.44. The summed E-state index contributed by atoms with van der Waals surface area (Å²) in [5, 5.41) is 3.77. The van der Waals surface area contributed by atoms with Gasteiger partial charge in [0.1, 0.15) is 0 Å². The minimum absolute atomic E-state index is 0.0563. The van der Waals surface area contributed by atoms with Crippen LogP contribution in [0.4, 0.5) is 0 Å². The summed E-state index contributed by atoms with van der Waals surface area (Å²) < 4.78 is 6.44. The van der Waals surface area contributed by atoms with E-state index >= 15 is 0 Å². The summed E-state index contributed by atoms with van der Waals surface area (Å²) in [6.45, 7) is 17.1. The van der Waals surface area contributed by atoms with Crippen LogP contribution in [0.25, 0.3) is 0 Å². The largest absolute Gasteiger partial charge is 0.368 e. The van der Waals surface area contributed by atoms with Crippen LogP contribution >= 0.6 is 11.8 Å². The van der Waals surface area contributed by atoms with Crippen LogP contribution in [0.2, 0.25) is 0 Å². The van der Waals surface area contributed by atoms with Crippen molar-refractivity contribution in [3.05, 3.63) is 0 Å². The summed E-state index contributed by atoms with van der Waals surface area (Å²) in [5.74, 6) is 3.09. The van der Waals surface area contributed by atoms with Crippen LogP contribution in [0.15, 0.2) is 0 Å². The highest BCUT2D eigenvalue weighted by atomic mass is 32.2. The van der Waals surface area contributed by atoms with Crippen molar-refractivity contribution >= 4 is 11.8 Å². The summed E-state index contributed by atoms with van der Waals surface area (Å²) in [6.07, 6.45) is 1.18. The quantitative estimate of drug-likeness (QED) is 0.843. The van der Waals surface area contributed by atoms with E-state index in [4.69, 9.17) is 4.74 Å². The van der Waals surface area contributed by atoms with Crippen LogP contribution in [0.5, 0.6) is 0 Å². The Morgan fingerprint density at radius 2 is 1.95 bits per heavy atom. The number of hydrogen-bond donors (Lipinski definition) is 1. The summed E-state index contributed by atoms with van der Waals surface area (Å²) in [6, 6.07) is 1.13. The molecule has 0 aromatic rings. The van der Waals surface area contributed by atoms with Crippen LogP contribution < -0.4 is 5.32 Å². The lowest BCUT2D eigenvalue weighted by Gasteiger charge is -2.39. The molecule has 1 N–H and O–H groups in total. The topological polar surface area (TPSA) is 24.5 Å². The second-order valence-electron chi connectivity index (χ2n) is 7.77. The van der Waals surface area contributed by atoms with Crippen LogP contribution in [-0.4, -0.2) is 59.3 Å². The maximum Gasteiger partial charge on any atom is 0.0790 e. The Balaban J connectivity index is 2.11. The molecule has 4 heteroatoms. The second-order valence-corrected chi connectivity index (χ2v) is 8.92. The molecule has 2 aliphatic rings. The van der Waals surface area contributed by atoms with Gasteiger partial charge in [0.25, 0.3) is 0 Å². The first-order chi connectivity index (χ1) is 9.78. The summed E-state index contributed by atoms with van der Waals surface area (Å²) in [4.78, 5) is 2.67. The van der Waals surface area contributed by atoms with Gasteiger partial charge in [-0.05, 0) is 47.6 Å². The molecule has 2 fully saturated rings. The Hall–Kier alpha value is 0.230. The molecule has 0 amide bonds. The molecule has 0 aliphatic carbocycles. The molecule has 2 rings (SSSR count). The average Bonchev–Trinajstić information content (AvgIpc) is 2.55. The lowest BCUT2D eigenvalue weighted by Crippen LogP contribution is -2.53. The smallest absolute Gasteiger partial charge is 0.0790 e. The minimum Gasteiger partial charge on any atom is -0.368 e. The molecule has 0 aromatic heterocycles. The SMILES string of the molecule is CCCNC1C(CN2CCSCC2C)C(C)(C)OC1(C)C. The van der Waals surface area contributed by atoms with E-state index in [0.717, 1.165) is 13.1 Å². The number of nitrogens with zero attached hydrogens (tertiary/aromatic N) is 1. The third-order valence-electron chi connectivity index (χ3n) is 5.12. The van der Waals surface area contributed by atoms with E-state index in [0.29, 0.717) is 18.0 Å². The van der Waals surface area contributed by atoms with E-state index in [1.807, 2.05) is 0 Å². The van der Waals surface area contributed by atoms with E-state index < -0.39 is 0 Å². The van der Waals surface area contributed by atoms with E-state index in [1.165, 1.54) is 24.5 Å². The molecule has 3 atom stereocenters. The van der Waals surface area contributed by atoms with Crippen molar-refractivity contribution in [3.8, 4) is 0 Å². The number of ether oxygens (including phenoxy) is 1. The Labute approximate surface area is 135 Å². The molecule has 0 saturated carbocycles. The van der Waals surface area contributed by atoms with E-state index in [-0.39, 0.29) is 11.2 Å². The third-order valence-corrected chi connectivity index (χ3v) is 6.31. The summed E-state index contributed by atoms with van der Waals surface area (Å²) >= 11 is 2.09. The van der Waals surface area contributed by atoms with Gasteiger partial charge in [0.05, 0.1) is 11.2 Å². The molecule has 0 radical (unpaired) electrons. The lowest BCUT2D eigenvalue weighted by atomic mass is 9.81. The molecule has 0 bridgehead atoms. The zero-order valence-corrected chi connectivity index (χ0v) is 15.6. The number of thioether (sulfide) groups is 1. The van der Waals surface area contributed by atoms with Gasteiger partial charge in [-0.1, -0.05) is 6.92 Å². The first-order valence-corrected chi connectivity index (χ1v) is 9.68. The van der Waals surface area contributed by atoms with Crippen molar-refractivity contribution in [2.75, 3.05) is 31.1 Å². The Morgan fingerprint density at radius 3 is 2.57 bits per heavy atom. The highest BCUT2D eigenvalue weighted by Crippen LogP contribution is 2.43. The van der Waals surface area contributed by atoms with Gasteiger partial charge in [-0.3, -0.25) is 4.90 Å². The molecule has 0 spiro atoms. The minimum atomic E-state index is -0.0862. The molecule has 124 valence electrons. The fourth-order valence-corrected chi connectivity index (χ4v) is 5.08. The maximum absolute atomic E-state index is 6.44. The van der Waals surface area contributed by atoms with Gasteiger partial charge in [0, 0.05) is 42.6 Å². The van der Waals surface area contributed by atoms with Crippen molar-refractivity contribution in [1.29, 1.82) is 0 Å². The van der Waals surface area contributed by atoms with Gasteiger partial charge in [0.15, 0.2) is 0 Å². The molecular weight excluding hydrogens is 280 g/mol. The van der Waals surface area contributed by atoms with Crippen molar-refractivity contribution in [2.45, 2.75) is 71.2 Å². The molecule has 3 nitrogen and oxygen atoms in total. The molecular formula is C17H34N2OS. The molecule has 2 aliphatic heterocycles. The molecule has 2 heterocycles. The van der Waals surface area contributed by atoms with Crippen molar-refractivity contribution in [1.82, 2.24) is 10.2 Å². The van der Waals surface area contributed by atoms with Crippen LogP contribution in [0, 0.1) is 5.92 Å². The van der Waals surface area contributed by atoms with E-state index in [2.05, 4.69) is 63.5 Å². The van der Waals surface area contributed by atoms with Crippen LogP contribution in [-0.2, 0) is 4.74 Å². The first kappa shape index (κ1) is 17.6. The Kier molecular flexibility index (Phi) is 5.67. The Morgan fingerprint density at radius 1 is 1.24 bits per heavy atom. The number of hydrogen-bond acceptors (Lipinski definition) is 4. The van der Waals surface area contributed by atoms with Crippen LogP contribution in [0.3, 0.4) is 0 Å². The molecule has 0 aromatic carbocycles.